The molecule has 1 N–H and O–H groups in total. The highest BCUT2D eigenvalue weighted by atomic mass is 127. The first kappa shape index (κ1) is 25.8. The molecular formula is C23H14BrIN4O6. The summed E-state index contributed by atoms with van der Waals surface area (Å²) in [5.41, 5.74) is 0.915. The molecule has 3 aromatic rings. The van der Waals surface area contributed by atoms with Crippen LogP contribution in [0.15, 0.2) is 70.7 Å². The number of nitriles is 1. The Kier molecular flexibility index (Phi) is 8.50. The Balaban J connectivity index is 1.77. The summed E-state index contributed by atoms with van der Waals surface area (Å²) in [6.07, 6.45) is 1.38. The minimum atomic E-state index is -0.717. The third-order valence-electron chi connectivity index (χ3n) is 4.52. The van der Waals surface area contributed by atoms with Gasteiger partial charge in [0.05, 0.1) is 17.9 Å². The van der Waals surface area contributed by atoms with Gasteiger partial charge in [-0.25, -0.2) is 0 Å². The Morgan fingerprint density at radius 1 is 1.09 bits per heavy atom. The molecule has 0 atom stereocenters. The van der Waals surface area contributed by atoms with Crippen LogP contribution in [0.5, 0.6) is 5.75 Å². The number of carbonyl (C=O) groups is 1. The summed E-state index contributed by atoms with van der Waals surface area (Å²) < 4.78 is 7.06. The van der Waals surface area contributed by atoms with E-state index in [1.165, 1.54) is 42.5 Å². The van der Waals surface area contributed by atoms with Crippen LogP contribution in [-0.2, 0) is 11.4 Å². The second-order valence-corrected chi connectivity index (χ2v) is 8.98. The summed E-state index contributed by atoms with van der Waals surface area (Å²) >= 11 is 5.46. The minimum Gasteiger partial charge on any atom is -0.487 e. The summed E-state index contributed by atoms with van der Waals surface area (Å²) in [6, 6.07) is 16.7. The van der Waals surface area contributed by atoms with Crippen molar-refractivity contribution in [3.8, 4) is 11.8 Å². The largest absolute Gasteiger partial charge is 0.487 e. The number of benzene rings is 3. The lowest BCUT2D eigenvalue weighted by atomic mass is 10.1. The van der Waals surface area contributed by atoms with Crippen LogP contribution in [0.3, 0.4) is 0 Å². The predicted molar refractivity (Wildman–Crippen MR) is 140 cm³/mol. The quantitative estimate of drug-likeness (QED) is 0.104. The molecule has 0 radical (unpaired) electrons. The van der Waals surface area contributed by atoms with Crippen LogP contribution in [-0.4, -0.2) is 15.8 Å². The maximum absolute atomic E-state index is 12.5. The number of non-ortho nitro benzene ring substituents is 2. The highest BCUT2D eigenvalue weighted by molar-refractivity contribution is 14.1. The second kappa shape index (κ2) is 11.5. The topological polar surface area (TPSA) is 148 Å². The fourth-order valence-electron chi connectivity index (χ4n) is 2.93. The molecule has 0 heterocycles. The fourth-order valence-corrected chi connectivity index (χ4v) is 4.70. The fraction of sp³-hybridized carbons (Fsp3) is 0.0435. The van der Waals surface area contributed by atoms with Gasteiger partial charge in [-0.3, -0.25) is 25.0 Å². The normalized spacial score (nSPS) is 10.8. The van der Waals surface area contributed by atoms with Crippen LogP contribution in [0, 0.1) is 35.1 Å². The molecule has 3 aromatic carbocycles. The monoisotopic (exact) mass is 648 g/mol. The SMILES string of the molecule is N#C/C(=C\c1cc(Br)c(OCc2cccc([N+](=O)[O-])c2)c(I)c1)C(=O)Nc1cccc([N+](=O)[O-])c1. The molecule has 0 bridgehead atoms. The van der Waals surface area contributed by atoms with Gasteiger partial charge in [0.1, 0.15) is 24.0 Å². The third-order valence-corrected chi connectivity index (χ3v) is 5.91. The number of halogens is 2. The van der Waals surface area contributed by atoms with Gasteiger partial charge in [0, 0.05) is 30.0 Å². The molecule has 35 heavy (non-hydrogen) atoms. The Morgan fingerprint density at radius 3 is 2.37 bits per heavy atom. The first-order valence-electron chi connectivity index (χ1n) is 9.70. The van der Waals surface area contributed by atoms with E-state index in [0.29, 0.717) is 24.9 Å². The molecule has 12 heteroatoms. The molecule has 176 valence electrons. The van der Waals surface area contributed by atoms with Crippen molar-refractivity contribution in [2.45, 2.75) is 6.61 Å². The van der Waals surface area contributed by atoms with Crippen molar-refractivity contribution in [2.24, 2.45) is 0 Å². The van der Waals surface area contributed by atoms with E-state index >= 15 is 0 Å². The second-order valence-electron chi connectivity index (χ2n) is 6.96. The molecular weight excluding hydrogens is 635 g/mol. The summed E-state index contributed by atoms with van der Waals surface area (Å²) in [5, 5.41) is 33.8. The van der Waals surface area contributed by atoms with E-state index in [0.717, 1.165) is 0 Å². The number of rotatable bonds is 8. The van der Waals surface area contributed by atoms with Crippen LogP contribution in [0.2, 0.25) is 0 Å². The van der Waals surface area contributed by atoms with E-state index in [1.54, 1.807) is 24.3 Å². The minimum absolute atomic E-state index is 0.0345. The van der Waals surface area contributed by atoms with Crippen molar-refractivity contribution in [1.82, 2.24) is 0 Å². The van der Waals surface area contributed by atoms with Gasteiger partial charge in [-0.15, -0.1) is 0 Å². The zero-order chi connectivity index (χ0) is 25.5. The van der Waals surface area contributed by atoms with Gasteiger partial charge >= 0.3 is 0 Å². The standard InChI is InChI=1S/C23H14BrIN4O6/c24-20-9-15(7-16(12-26)23(30)27-17-4-2-6-19(11-17)29(33)34)10-21(25)22(20)35-13-14-3-1-5-18(8-14)28(31)32/h1-11H,13H2,(H,27,30)/b16-7+. The van der Waals surface area contributed by atoms with Gasteiger partial charge in [0.15, 0.2) is 0 Å². The van der Waals surface area contributed by atoms with E-state index in [4.69, 9.17) is 4.74 Å². The first-order chi connectivity index (χ1) is 16.7. The van der Waals surface area contributed by atoms with Crippen LogP contribution < -0.4 is 10.1 Å². The molecule has 0 saturated heterocycles. The summed E-state index contributed by atoms with van der Waals surface area (Å²) in [5.74, 6) is -0.223. The van der Waals surface area contributed by atoms with Crippen molar-refractivity contribution < 1.29 is 19.4 Å². The van der Waals surface area contributed by atoms with Crippen molar-refractivity contribution in [3.63, 3.8) is 0 Å². The summed E-state index contributed by atoms with van der Waals surface area (Å²) in [7, 11) is 0. The molecule has 10 nitrogen and oxygen atoms in total. The highest BCUT2D eigenvalue weighted by Gasteiger charge is 2.15. The van der Waals surface area contributed by atoms with Gasteiger partial charge < -0.3 is 10.1 Å². The zero-order valence-electron chi connectivity index (χ0n) is 17.6. The third kappa shape index (κ3) is 6.84. The Bertz CT molecular complexity index is 1380. The average molecular weight is 649 g/mol. The summed E-state index contributed by atoms with van der Waals surface area (Å²) in [4.78, 5) is 33.3. The molecule has 0 unspecified atom stereocenters. The van der Waals surface area contributed by atoms with Crippen LogP contribution in [0.1, 0.15) is 11.1 Å². The van der Waals surface area contributed by atoms with Gasteiger partial charge in [0.25, 0.3) is 17.3 Å². The smallest absolute Gasteiger partial charge is 0.271 e. The molecule has 0 saturated carbocycles. The van der Waals surface area contributed by atoms with Crippen molar-refractivity contribution in [1.29, 1.82) is 5.26 Å². The Morgan fingerprint density at radius 2 is 1.74 bits per heavy atom. The lowest BCUT2D eigenvalue weighted by Gasteiger charge is -2.12. The number of nitro benzene ring substituents is 2. The number of anilines is 1. The van der Waals surface area contributed by atoms with E-state index in [2.05, 4.69) is 21.2 Å². The lowest BCUT2D eigenvalue weighted by molar-refractivity contribution is -0.385. The number of nitro groups is 2. The summed E-state index contributed by atoms with van der Waals surface area (Å²) in [6.45, 7) is 0.0977. The van der Waals surface area contributed by atoms with Crippen molar-refractivity contribution >= 4 is 67.6 Å². The highest BCUT2D eigenvalue weighted by Crippen LogP contribution is 2.33. The molecule has 0 aromatic heterocycles. The van der Waals surface area contributed by atoms with Crippen LogP contribution >= 0.6 is 38.5 Å². The van der Waals surface area contributed by atoms with Crippen LogP contribution in [0.25, 0.3) is 6.08 Å². The molecule has 1 amide bonds. The predicted octanol–water partition coefficient (Wildman–Crippen LogP) is 5.99. The van der Waals surface area contributed by atoms with Gasteiger partial charge in [-0.1, -0.05) is 18.2 Å². The number of hydrogen-bond donors (Lipinski definition) is 1. The number of amides is 1. The van der Waals surface area contributed by atoms with Gasteiger partial charge in [0.2, 0.25) is 0 Å². The number of hydrogen-bond acceptors (Lipinski definition) is 7. The van der Waals surface area contributed by atoms with E-state index in [9.17, 15) is 30.3 Å². The zero-order valence-corrected chi connectivity index (χ0v) is 21.3. The van der Waals surface area contributed by atoms with E-state index in [1.807, 2.05) is 28.7 Å². The number of ether oxygens (including phenoxy) is 1. The van der Waals surface area contributed by atoms with Crippen molar-refractivity contribution in [2.75, 3.05) is 5.32 Å². The Labute approximate surface area is 220 Å². The van der Waals surface area contributed by atoms with E-state index in [-0.39, 0.29) is 29.2 Å². The molecule has 0 fully saturated rings. The van der Waals surface area contributed by atoms with Gasteiger partial charge in [-0.05, 0) is 73.9 Å². The maximum atomic E-state index is 12.5. The van der Waals surface area contributed by atoms with Crippen molar-refractivity contribution in [3.05, 3.63) is 106 Å². The molecule has 0 aliphatic carbocycles. The Hall–Kier alpha value is -3.83. The van der Waals surface area contributed by atoms with Crippen LogP contribution in [0.4, 0.5) is 17.1 Å². The molecule has 0 spiro atoms. The lowest BCUT2D eigenvalue weighted by Crippen LogP contribution is -2.13. The maximum Gasteiger partial charge on any atom is 0.271 e. The molecule has 0 aliphatic heterocycles. The number of nitrogens with zero attached hydrogens (tertiary/aromatic N) is 3. The molecule has 0 aliphatic rings. The molecule has 3 rings (SSSR count). The number of carbonyl (C=O) groups excluding carboxylic acids is 1. The average Bonchev–Trinajstić information content (AvgIpc) is 2.82. The number of nitrogens with one attached hydrogen (secondary N) is 1. The first-order valence-corrected chi connectivity index (χ1v) is 11.6. The van der Waals surface area contributed by atoms with Gasteiger partial charge in [-0.2, -0.15) is 5.26 Å². The van der Waals surface area contributed by atoms with E-state index < -0.39 is 15.8 Å².